The van der Waals surface area contributed by atoms with Gasteiger partial charge in [-0.3, -0.25) is 0 Å². The number of rotatable bonds is 2. The monoisotopic (exact) mass is 267 g/mol. The fourth-order valence-corrected chi connectivity index (χ4v) is 2.85. The van der Waals surface area contributed by atoms with E-state index in [9.17, 15) is 0 Å². The van der Waals surface area contributed by atoms with E-state index in [4.69, 9.17) is 0 Å². The van der Waals surface area contributed by atoms with E-state index < -0.39 is 0 Å². The number of anilines is 2. The lowest BCUT2D eigenvalue weighted by Gasteiger charge is -2.26. The number of hydrogen-bond acceptors (Lipinski definition) is 1. The number of benzene rings is 2. The predicted octanol–water partition coefficient (Wildman–Crippen LogP) is 5.31. The van der Waals surface area contributed by atoms with Crippen LogP contribution in [0.5, 0.6) is 0 Å². The lowest BCUT2D eigenvalue weighted by molar-refractivity contribution is 1.12. The molecule has 0 radical (unpaired) electrons. The summed E-state index contributed by atoms with van der Waals surface area (Å²) in [6, 6.07) is 8.96. The van der Waals surface area contributed by atoms with Crippen molar-refractivity contribution in [3.8, 4) is 0 Å². The molecule has 0 aliphatic heterocycles. The summed E-state index contributed by atoms with van der Waals surface area (Å²) in [5, 5.41) is 0. The third-order valence-corrected chi connectivity index (χ3v) is 4.53. The molecular weight excluding hydrogens is 242 g/mol. The van der Waals surface area contributed by atoms with E-state index in [-0.39, 0.29) is 0 Å². The van der Waals surface area contributed by atoms with Crippen LogP contribution in [0.3, 0.4) is 0 Å². The third-order valence-electron chi connectivity index (χ3n) is 4.53. The molecule has 2 aromatic rings. The van der Waals surface area contributed by atoms with Crippen molar-refractivity contribution >= 4 is 11.4 Å². The Morgan fingerprint density at radius 2 is 1.30 bits per heavy atom. The summed E-state index contributed by atoms with van der Waals surface area (Å²) in [6.07, 6.45) is 0. The van der Waals surface area contributed by atoms with Gasteiger partial charge in [-0.25, -0.2) is 0 Å². The molecule has 2 aromatic carbocycles. The summed E-state index contributed by atoms with van der Waals surface area (Å²) in [7, 11) is 2.16. The van der Waals surface area contributed by atoms with Gasteiger partial charge in [-0.1, -0.05) is 12.1 Å². The van der Waals surface area contributed by atoms with E-state index in [1.165, 1.54) is 44.8 Å². The minimum atomic E-state index is 1.25. The molecule has 0 amide bonds. The Balaban J connectivity index is 2.56. The standard InChI is InChI=1S/C19H25N/c1-12-8-9-18(11-13(12)2)20(7)19-15(4)10-14(3)16(5)17(19)6/h8-11H,1-7H3. The average molecular weight is 267 g/mol. The van der Waals surface area contributed by atoms with Gasteiger partial charge < -0.3 is 4.90 Å². The average Bonchev–Trinajstić information content (AvgIpc) is 2.39. The molecule has 0 spiro atoms. The topological polar surface area (TPSA) is 3.24 Å². The zero-order chi connectivity index (χ0) is 15.0. The lowest BCUT2D eigenvalue weighted by Crippen LogP contribution is -2.14. The second-order valence-corrected chi connectivity index (χ2v) is 5.94. The van der Waals surface area contributed by atoms with E-state index >= 15 is 0 Å². The van der Waals surface area contributed by atoms with Gasteiger partial charge in [-0.05, 0) is 87.1 Å². The summed E-state index contributed by atoms with van der Waals surface area (Å²) in [4.78, 5) is 2.31. The number of hydrogen-bond donors (Lipinski definition) is 0. The van der Waals surface area contributed by atoms with Crippen LogP contribution in [0.1, 0.15) is 33.4 Å². The van der Waals surface area contributed by atoms with Crippen LogP contribution in [0.2, 0.25) is 0 Å². The smallest absolute Gasteiger partial charge is 0.0470 e. The molecule has 0 aromatic heterocycles. The first-order valence-corrected chi connectivity index (χ1v) is 7.21. The van der Waals surface area contributed by atoms with E-state index in [0.29, 0.717) is 0 Å². The van der Waals surface area contributed by atoms with Crippen LogP contribution in [-0.2, 0) is 0 Å². The van der Waals surface area contributed by atoms with Gasteiger partial charge in [0.15, 0.2) is 0 Å². The first kappa shape index (κ1) is 14.6. The van der Waals surface area contributed by atoms with Crippen molar-refractivity contribution < 1.29 is 0 Å². The van der Waals surface area contributed by atoms with Crippen molar-refractivity contribution in [1.82, 2.24) is 0 Å². The van der Waals surface area contributed by atoms with Crippen LogP contribution in [-0.4, -0.2) is 7.05 Å². The van der Waals surface area contributed by atoms with E-state index in [1.54, 1.807) is 0 Å². The summed E-state index contributed by atoms with van der Waals surface area (Å²) >= 11 is 0. The normalized spacial score (nSPS) is 10.8. The highest BCUT2D eigenvalue weighted by atomic mass is 15.1. The maximum absolute atomic E-state index is 2.31. The second-order valence-electron chi connectivity index (χ2n) is 5.94. The zero-order valence-electron chi connectivity index (χ0n) is 13.8. The van der Waals surface area contributed by atoms with Gasteiger partial charge in [0.05, 0.1) is 0 Å². The Labute approximate surface area is 123 Å². The minimum Gasteiger partial charge on any atom is -0.344 e. The van der Waals surface area contributed by atoms with Gasteiger partial charge in [-0.2, -0.15) is 0 Å². The summed E-state index contributed by atoms with van der Waals surface area (Å²) in [5.74, 6) is 0. The highest BCUT2D eigenvalue weighted by Crippen LogP contribution is 2.34. The first-order chi connectivity index (χ1) is 9.32. The van der Waals surface area contributed by atoms with Gasteiger partial charge in [-0.15, -0.1) is 0 Å². The minimum absolute atomic E-state index is 1.25. The molecule has 0 N–H and O–H groups in total. The molecule has 0 unspecified atom stereocenters. The molecule has 0 saturated heterocycles. The molecule has 0 fully saturated rings. The van der Waals surface area contributed by atoms with Crippen molar-refractivity contribution in [2.45, 2.75) is 41.5 Å². The lowest BCUT2D eigenvalue weighted by atomic mass is 9.97. The van der Waals surface area contributed by atoms with Crippen molar-refractivity contribution in [2.75, 3.05) is 11.9 Å². The Kier molecular flexibility index (Phi) is 3.89. The van der Waals surface area contributed by atoms with Crippen LogP contribution in [0, 0.1) is 41.5 Å². The molecule has 0 bridgehead atoms. The van der Waals surface area contributed by atoms with Crippen LogP contribution < -0.4 is 4.90 Å². The number of nitrogens with zero attached hydrogens (tertiary/aromatic N) is 1. The van der Waals surface area contributed by atoms with Crippen LogP contribution >= 0.6 is 0 Å². The molecule has 0 saturated carbocycles. The van der Waals surface area contributed by atoms with Gasteiger partial charge >= 0.3 is 0 Å². The summed E-state index contributed by atoms with van der Waals surface area (Å²) in [5.41, 5.74) is 10.7. The largest absolute Gasteiger partial charge is 0.344 e. The zero-order valence-corrected chi connectivity index (χ0v) is 13.8. The highest BCUT2D eigenvalue weighted by Gasteiger charge is 2.13. The molecule has 0 aliphatic carbocycles. The van der Waals surface area contributed by atoms with Crippen molar-refractivity contribution in [3.05, 3.63) is 57.6 Å². The van der Waals surface area contributed by atoms with Crippen molar-refractivity contribution in [2.24, 2.45) is 0 Å². The molecule has 1 heteroatoms. The van der Waals surface area contributed by atoms with Crippen molar-refractivity contribution in [3.63, 3.8) is 0 Å². The SMILES string of the molecule is Cc1ccc(N(C)c2c(C)cc(C)c(C)c2C)cc1C. The Morgan fingerprint density at radius 1 is 0.650 bits per heavy atom. The highest BCUT2D eigenvalue weighted by molar-refractivity contribution is 5.71. The van der Waals surface area contributed by atoms with Crippen LogP contribution in [0.15, 0.2) is 24.3 Å². The second kappa shape index (κ2) is 5.32. The van der Waals surface area contributed by atoms with Crippen LogP contribution in [0.4, 0.5) is 11.4 Å². The molecule has 0 heterocycles. The summed E-state index contributed by atoms with van der Waals surface area (Å²) < 4.78 is 0. The molecule has 106 valence electrons. The predicted molar refractivity (Wildman–Crippen MR) is 89.4 cm³/mol. The van der Waals surface area contributed by atoms with Gasteiger partial charge in [0.25, 0.3) is 0 Å². The summed E-state index contributed by atoms with van der Waals surface area (Å²) in [6.45, 7) is 13.2. The Hall–Kier alpha value is -1.76. The maximum Gasteiger partial charge on any atom is 0.0470 e. The quantitative estimate of drug-likeness (QED) is 0.713. The van der Waals surface area contributed by atoms with Gasteiger partial charge in [0.1, 0.15) is 0 Å². The van der Waals surface area contributed by atoms with Gasteiger partial charge in [0.2, 0.25) is 0 Å². The van der Waals surface area contributed by atoms with Crippen molar-refractivity contribution in [1.29, 1.82) is 0 Å². The molecular formula is C19H25N. The fraction of sp³-hybridized carbons (Fsp3) is 0.368. The molecule has 0 aliphatic rings. The Bertz CT molecular complexity index is 653. The Morgan fingerprint density at radius 3 is 1.90 bits per heavy atom. The van der Waals surface area contributed by atoms with E-state index in [1.807, 2.05) is 0 Å². The van der Waals surface area contributed by atoms with Gasteiger partial charge in [0, 0.05) is 18.4 Å². The van der Waals surface area contributed by atoms with Crippen LogP contribution in [0.25, 0.3) is 0 Å². The molecule has 2 rings (SSSR count). The third kappa shape index (κ3) is 2.45. The van der Waals surface area contributed by atoms with E-state index in [0.717, 1.165) is 0 Å². The first-order valence-electron chi connectivity index (χ1n) is 7.21. The number of aryl methyl sites for hydroxylation is 4. The molecule has 1 nitrogen and oxygen atoms in total. The fourth-order valence-electron chi connectivity index (χ4n) is 2.85. The maximum atomic E-state index is 2.31. The van der Waals surface area contributed by atoms with E-state index in [2.05, 4.69) is 77.8 Å². The molecule has 20 heavy (non-hydrogen) atoms. The molecule has 0 atom stereocenters.